The van der Waals surface area contributed by atoms with Crippen LogP contribution in [0.3, 0.4) is 0 Å². The van der Waals surface area contributed by atoms with Crippen LogP contribution in [0.25, 0.3) is 0 Å². The SMILES string of the molecule is CNCc1nc(C(=O)N2CC(c3ccccc3)CC2C(=O)N2CC[C@H](c3ccccc3)C2)no1. The molecule has 2 aliphatic rings. The first kappa shape index (κ1) is 22.3. The van der Waals surface area contributed by atoms with Gasteiger partial charge in [0, 0.05) is 31.5 Å². The van der Waals surface area contributed by atoms with Crippen molar-refractivity contribution in [1.29, 1.82) is 0 Å². The first-order valence-corrected chi connectivity index (χ1v) is 11.8. The topological polar surface area (TPSA) is 91.6 Å². The Hall–Kier alpha value is -3.52. The van der Waals surface area contributed by atoms with E-state index in [4.69, 9.17) is 4.52 Å². The molecule has 1 N–H and O–H groups in total. The summed E-state index contributed by atoms with van der Waals surface area (Å²) >= 11 is 0. The second kappa shape index (κ2) is 9.77. The predicted molar refractivity (Wildman–Crippen MR) is 126 cm³/mol. The van der Waals surface area contributed by atoms with Crippen LogP contribution in [-0.4, -0.2) is 64.5 Å². The number of rotatable bonds is 6. The molecule has 3 aromatic rings. The number of benzene rings is 2. The van der Waals surface area contributed by atoms with Gasteiger partial charge in [-0.1, -0.05) is 65.8 Å². The molecule has 3 heterocycles. The van der Waals surface area contributed by atoms with Gasteiger partial charge < -0.3 is 19.6 Å². The van der Waals surface area contributed by atoms with Crippen LogP contribution >= 0.6 is 0 Å². The summed E-state index contributed by atoms with van der Waals surface area (Å²) < 4.78 is 5.19. The highest BCUT2D eigenvalue weighted by atomic mass is 16.5. The van der Waals surface area contributed by atoms with Crippen molar-refractivity contribution in [2.75, 3.05) is 26.7 Å². The maximum atomic E-state index is 13.7. The Labute approximate surface area is 198 Å². The van der Waals surface area contributed by atoms with Crippen LogP contribution in [0, 0.1) is 0 Å². The number of hydrogen-bond donors (Lipinski definition) is 1. The predicted octanol–water partition coefficient (Wildman–Crippen LogP) is 2.80. The van der Waals surface area contributed by atoms with Gasteiger partial charge in [-0.25, -0.2) is 0 Å². The number of aromatic nitrogens is 2. The van der Waals surface area contributed by atoms with E-state index in [2.05, 4.69) is 39.7 Å². The fourth-order valence-corrected chi connectivity index (χ4v) is 5.12. The molecule has 0 radical (unpaired) electrons. The molecule has 8 nitrogen and oxygen atoms in total. The van der Waals surface area contributed by atoms with Gasteiger partial charge in [-0.2, -0.15) is 4.98 Å². The van der Waals surface area contributed by atoms with Gasteiger partial charge in [0.1, 0.15) is 6.04 Å². The van der Waals surface area contributed by atoms with Crippen molar-refractivity contribution in [2.45, 2.75) is 37.3 Å². The van der Waals surface area contributed by atoms with Gasteiger partial charge in [-0.3, -0.25) is 9.59 Å². The minimum absolute atomic E-state index is 0.000320. The molecular formula is C26H29N5O3. The second-order valence-corrected chi connectivity index (χ2v) is 9.04. The zero-order valence-electron chi connectivity index (χ0n) is 19.3. The summed E-state index contributed by atoms with van der Waals surface area (Å²) in [6.45, 7) is 2.20. The summed E-state index contributed by atoms with van der Waals surface area (Å²) in [6, 6.07) is 19.8. The van der Waals surface area contributed by atoms with Crippen LogP contribution in [0.15, 0.2) is 65.2 Å². The number of likely N-dealkylation sites (tertiary alicyclic amines) is 2. The molecule has 0 bridgehead atoms. The van der Waals surface area contributed by atoms with Gasteiger partial charge in [-0.15, -0.1) is 0 Å². The molecule has 0 saturated carbocycles. The zero-order valence-corrected chi connectivity index (χ0v) is 19.3. The Morgan fingerprint density at radius 3 is 2.35 bits per heavy atom. The first-order chi connectivity index (χ1) is 16.6. The Morgan fingerprint density at radius 1 is 1.00 bits per heavy atom. The maximum absolute atomic E-state index is 13.7. The van der Waals surface area contributed by atoms with Crippen LogP contribution in [0.5, 0.6) is 0 Å². The molecule has 2 saturated heterocycles. The van der Waals surface area contributed by atoms with Crippen LogP contribution < -0.4 is 5.32 Å². The molecule has 2 unspecified atom stereocenters. The third-order valence-corrected chi connectivity index (χ3v) is 6.88. The Bertz CT molecular complexity index is 1130. The van der Waals surface area contributed by atoms with Gasteiger partial charge in [0.25, 0.3) is 11.7 Å². The fourth-order valence-electron chi connectivity index (χ4n) is 5.12. The summed E-state index contributed by atoms with van der Waals surface area (Å²) in [5.74, 6) is 0.390. The number of nitrogens with zero attached hydrogens (tertiary/aromatic N) is 4. The van der Waals surface area contributed by atoms with Crippen molar-refractivity contribution in [3.05, 3.63) is 83.5 Å². The quantitative estimate of drug-likeness (QED) is 0.610. The molecule has 3 atom stereocenters. The molecule has 176 valence electrons. The molecular weight excluding hydrogens is 430 g/mol. The minimum atomic E-state index is -0.543. The third-order valence-electron chi connectivity index (χ3n) is 6.88. The largest absolute Gasteiger partial charge is 0.340 e. The Balaban J connectivity index is 1.37. The van der Waals surface area contributed by atoms with Gasteiger partial charge in [0.2, 0.25) is 11.8 Å². The van der Waals surface area contributed by atoms with E-state index < -0.39 is 6.04 Å². The van der Waals surface area contributed by atoms with Crippen molar-refractivity contribution in [3.63, 3.8) is 0 Å². The van der Waals surface area contributed by atoms with Crippen molar-refractivity contribution >= 4 is 11.8 Å². The summed E-state index contributed by atoms with van der Waals surface area (Å²) in [6.07, 6.45) is 1.51. The molecule has 2 aliphatic heterocycles. The number of amides is 2. The summed E-state index contributed by atoms with van der Waals surface area (Å²) in [5, 5.41) is 6.81. The van der Waals surface area contributed by atoms with Crippen LogP contribution in [0.4, 0.5) is 0 Å². The van der Waals surface area contributed by atoms with Crippen molar-refractivity contribution in [3.8, 4) is 0 Å². The van der Waals surface area contributed by atoms with Crippen LogP contribution in [-0.2, 0) is 11.3 Å². The van der Waals surface area contributed by atoms with E-state index in [9.17, 15) is 9.59 Å². The molecule has 2 aromatic carbocycles. The van der Waals surface area contributed by atoms with Gasteiger partial charge in [-0.05, 0) is 31.0 Å². The highest BCUT2D eigenvalue weighted by molar-refractivity contribution is 5.95. The number of hydrogen-bond acceptors (Lipinski definition) is 6. The van der Waals surface area contributed by atoms with Crippen LogP contribution in [0.1, 0.15) is 52.3 Å². The third kappa shape index (κ3) is 4.46. The number of nitrogens with one attached hydrogen (secondary N) is 1. The molecule has 8 heteroatoms. The highest BCUT2D eigenvalue weighted by Crippen LogP contribution is 2.35. The molecule has 2 amide bonds. The lowest BCUT2D eigenvalue weighted by atomic mass is 9.96. The smallest absolute Gasteiger partial charge is 0.295 e. The van der Waals surface area contributed by atoms with E-state index in [0.29, 0.717) is 44.4 Å². The average Bonchev–Trinajstić information content (AvgIpc) is 3.64. The minimum Gasteiger partial charge on any atom is -0.340 e. The Morgan fingerprint density at radius 2 is 1.68 bits per heavy atom. The second-order valence-electron chi connectivity index (χ2n) is 9.04. The number of carbonyl (C=O) groups is 2. The summed E-state index contributed by atoms with van der Waals surface area (Å²) in [4.78, 5) is 34.9. The molecule has 1 aromatic heterocycles. The van der Waals surface area contributed by atoms with E-state index >= 15 is 0 Å². The molecule has 34 heavy (non-hydrogen) atoms. The average molecular weight is 460 g/mol. The zero-order chi connectivity index (χ0) is 23.5. The van der Waals surface area contributed by atoms with E-state index in [-0.39, 0.29) is 23.6 Å². The van der Waals surface area contributed by atoms with Gasteiger partial charge in [0.15, 0.2) is 0 Å². The van der Waals surface area contributed by atoms with Crippen molar-refractivity contribution in [1.82, 2.24) is 25.3 Å². The highest BCUT2D eigenvalue weighted by Gasteiger charge is 2.44. The molecule has 0 aliphatic carbocycles. The van der Waals surface area contributed by atoms with Crippen molar-refractivity contribution < 1.29 is 14.1 Å². The van der Waals surface area contributed by atoms with E-state index in [1.165, 1.54) is 5.56 Å². The van der Waals surface area contributed by atoms with Gasteiger partial charge >= 0.3 is 0 Å². The van der Waals surface area contributed by atoms with E-state index in [1.807, 2.05) is 41.3 Å². The fraction of sp³-hybridized carbons (Fsp3) is 0.385. The lowest BCUT2D eigenvalue weighted by Crippen LogP contribution is -2.47. The van der Waals surface area contributed by atoms with E-state index in [1.54, 1.807) is 11.9 Å². The normalized spacial score (nSPS) is 22.3. The summed E-state index contributed by atoms with van der Waals surface area (Å²) in [7, 11) is 1.77. The van der Waals surface area contributed by atoms with Crippen LogP contribution in [0.2, 0.25) is 0 Å². The molecule has 0 spiro atoms. The monoisotopic (exact) mass is 459 g/mol. The Kier molecular flexibility index (Phi) is 6.40. The summed E-state index contributed by atoms with van der Waals surface area (Å²) in [5.41, 5.74) is 2.38. The standard InChI is InChI=1S/C26H29N5O3/c1-27-15-23-28-24(29-34-23)26(33)31-17-21(19-10-6-3-7-11-19)14-22(31)25(32)30-13-12-20(16-30)18-8-4-2-5-9-18/h2-11,20-22,27H,12-17H2,1H3/t20-,21?,22?/m0/s1. The molecule has 2 fully saturated rings. The van der Waals surface area contributed by atoms with E-state index in [0.717, 1.165) is 12.0 Å². The van der Waals surface area contributed by atoms with Gasteiger partial charge in [0.05, 0.1) is 6.54 Å². The first-order valence-electron chi connectivity index (χ1n) is 11.8. The molecule has 5 rings (SSSR count). The maximum Gasteiger partial charge on any atom is 0.295 e. The number of carbonyl (C=O) groups excluding carboxylic acids is 2. The van der Waals surface area contributed by atoms with Crippen molar-refractivity contribution in [2.24, 2.45) is 0 Å². The lowest BCUT2D eigenvalue weighted by Gasteiger charge is -2.27. The lowest BCUT2D eigenvalue weighted by molar-refractivity contribution is -0.134.